The Morgan fingerprint density at radius 1 is 1.35 bits per heavy atom. The van der Waals surface area contributed by atoms with Crippen molar-refractivity contribution >= 4 is 17.7 Å². The van der Waals surface area contributed by atoms with E-state index in [9.17, 15) is 14.7 Å². The number of aromatic nitrogens is 1. The maximum atomic E-state index is 11.8. The zero-order valence-electron chi connectivity index (χ0n) is 13.7. The van der Waals surface area contributed by atoms with E-state index in [1.165, 1.54) is 12.3 Å². The lowest BCUT2D eigenvalue weighted by atomic mass is 10.0. The summed E-state index contributed by atoms with van der Waals surface area (Å²) in [7, 11) is 0. The van der Waals surface area contributed by atoms with Crippen LogP contribution in [0.3, 0.4) is 0 Å². The van der Waals surface area contributed by atoms with Crippen molar-refractivity contribution in [2.75, 3.05) is 18.0 Å². The van der Waals surface area contributed by atoms with E-state index >= 15 is 0 Å². The van der Waals surface area contributed by atoms with Crippen LogP contribution in [0.25, 0.3) is 0 Å². The number of carbonyl (C=O) groups excluding carboxylic acids is 1. The highest BCUT2D eigenvalue weighted by Crippen LogP contribution is 2.23. The number of nitrogens with one attached hydrogen (secondary N) is 1. The fourth-order valence-corrected chi connectivity index (χ4v) is 2.56. The minimum atomic E-state index is -0.962. The molecule has 2 N–H and O–H groups in total. The van der Waals surface area contributed by atoms with Crippen LogP contribution in [0, 0.1) is 0 Å². The largest absolute Gasteiger partial charge is 0.478 e. The van der Waals surface area contributed by atoms with Crippen LogP contribution in [0.1, 0.15) is 44.0 Å². The molecule has 0 bridgehead atoms. The molecule has 126 valence electrons. The molecular weight excluding hydrogens is 298 g/mol. The van der Waals surface area contributed by atoms with Crippen LogP contribution in [0.5, 0.6) is 0 Å². The average molecular weight is 321 g/mol. The Morgan fingerprint density at radius 3 is 2.57 bits per heavy atom. The van der Waals surface area contributed by atoms with E-state index < -0.39 is 17.7 Å². The lowest BCUT2D eigenvalue weighted by Crippen LogP contribution is -2.46. The first-order valence-corrected chi connectivity index (χ1v) is 7.68. The minimum Gasteiger partial charge on any atom is -0.478 e. The molecule has 0 saturated carbocycles. The molecule has 0 unspecified atom stereocenters. The maximum absolute atomic E-state index is 11.8. The van der Waals surface area contributed by atoms with Gasteiger partial charge in [0.25, 0.3) is 0 Å². The van der Waals surface area contributed by atoms with Crippen LogP contribution in [0.4, 0.5) is 10.5 Å². The number of hydrogen-bond donors (Lipinski definition) is 2. The molecule has 0 aromatic carbocycles. The maximum Gasteiger partial charge on any atom is 0.407 e. The third-order valence-corrected chi connectivity index (χ3v) is 3.59. The van der Waals surface area contributed by atoms with Gasteiger partial charge < -0.3 is 20.1 Å². The van der Waals surface area contributed by atoms with Gasteiger partial charge in [-0.15, -0.1) is 0 Å². The number of anilines is 1. The van der Waals surface area contributed by atoms with Gasteiger partial charge in [0.05, 0.1) is 17.4 Å². The number of rotatable bonds is 3. The molecule has 2 rings (SSSR count). The van der Waals surface area contributed by atoms with Crippen molar-refractivity contribution in [1.82, 2.24) is 10.3 Å². The SMILES string of the molecule is CC(C)(C)OC(=O)NC1CCN(c2cnccc2C(=O)O)CC1. The Balaban J connectivity index is 1.92. The molecule has 23 heavy (non-hydrogen) atoms. The van der Waals surface area contributed by atoms with E-state index in [0.717, 1.165) is 12.8 Å². The van der Waals surface area contributed by atoms with Gasteiger partial charge >= 0.3 is 12.1 Å². The van der Waals surface area contributed by atoms with Crippen molar-refractivity contribution in [1.29, 1.82) is 0 Å². The standard InChI is InChI=1S/C16H23N3O4/c1-16(2,3)23-15(22)18-11-5-8-19(9-6-11)13-10-17-7-4-12(13)14(20)21/h4,7,10-11H,5-6,8-9H2,1-3H3,(H,18,22)(H,20,21). The van der Waals surface area contributed by atoms with Gasteiger partial charge in [0.15, 0.2) is 0 Å². The molecule has 1 aromatic rings. The number of piperidine rings is 1. The number of pyridine rings is 1. The highest BCUT2D eigenvalue weighted by atomic mass is 16.6. The van der Waals surface area contributed by atoms with Gasteiger partial charge in [0, 0.05) is 25.3 Å². The summed E-state index contributed by atoms with van der Waals surface area (Å²) in [6.07, 6.45) is 4.10. The van der Waals surface area contributed by atoms with E-state index in [4.69, 9.17) is 4.74 Å². The highest BCUT2D eigenvalue weighted by molar-refractivity contribution is 5.94. The van der Waals surface area contributed by atoms with E-state index in [1.54, 1.807) is 6.20 Å². The summed E-state index contributed by atoms with van der Waals surface area (Å²) >= 11 is 0. The molecule has 1 aromatic heterocycles. The topological polar surface area (TPSA) is 91.8 Å². The number of ether oxygens (including phenoxy) is 1. The molecule has 1 saturated heterocycles. The molecule has 0 spiro atoms. The second-order valence-electron chi connectivity index (χ2n) is 6.61. The van der Waals surface area contributed by atoms with Crippen molar-refractivity contribution in [3.8, 4) is 0 Å². The summed E-state index contributed by atoms with van der Waals surface area (Å²) in [6.45, 7) is 6.79. The van der Waals surface area contributed by atoms with Gasteiger partial charge in [0.1, 0.15) is 5.60 Å². The normalized spacial score (nSPS) is 16.0. The number of nitrogens with zero attached hydrogens (tertiary/aromatic N) is 2. The number of carbonyl (C=O) groups is 2. The van der Waals surface area contributed by atoms with E-state index in [-0.39, 0.29) is 11.6 Å². The van der Waals surface area contributed by atoms with Crippen LogP contribution in [-0.2, 0) is 4.74 Å². The van der Waals surface area contributed by atoms with Gasteiger partial charge in [-0.05, 0) is 39.7 Å². The number of aromatic carboxylic acids is 1. The third kappa shape index (κ3) is 4.84. The first kappa shape index (κ1) is 17.1. The smallest absolute Gasteiger partial charge is 0.407 e. The zero-order valence-corrected chi connectivity index (χ0v) is 13.7. The van der Waals surface area contributed by atoms with Crippen molar-refractivity contribution in [2.24, 2.45) is 0 Å². The molecule has 0 atom stereocenters. The first-order chi connectivity index (χ1) is 10.8. The third-order valence-electron chi connectivity index (χ3n) is 3.59. The average Bonchev–Trinajstić information content (AvgIpc) is 2.46. The van der Waals surface area contributed by atoms with Gasteiger partial charge in [0.2, 0.25) is 0 Å². The molecule has 1 aliphatic rings. The monoisotopic (exact) mass is 321 g/mol. The second kappa shape index (κ2) is 6.85. The van der Waals surface area contributed by atoms with Crippen molar-refractivity contribution in [2.45, 2.75) is 45.3 Å². The summed E-state index contributed by atoms with van der Waals surface area (Å²) < 4.78 is 5.25. The Morgan fingerprint density at radius 2 is 2.00 bits per heavy atom. The molecule has 1 amide bonds. The molecule has 0 aliphatic carbocycles. The Kier molecular flexibility index (Phi) is 5.08. The summed E-state index contributed by atoms with van der Waals surface area (Å²) in [5, 5.41) is 12.1. The molecule has 7 heteroatoms. The van der Waals surface area contributed by atoms with Gasteiger partial charge in [-0.1, -0.05) is 0 Å². The second-order valence-corrected chi connectivity index (χ2v) is 6.61. The van der Waals surface area contributed by atoms with Crippen LogP contribution < -0.4 is 10.2 Å². The lowest BCUT2D eigenvalue weighted by molar-refractivity contribution is 0.0497. The van der Waals surface area contributed by atoms with Crippen molar-refractivity contribution < 1.29 is 19.4 Å². The van der Waals surface area contributed by atoms with Crippen LogP contribution in [0.15, 0.2) is 18.5 Å². The number of amides is 1. The van der Waals surface area contributed by atoms with Gasteiger partial charge in [-0.25, -0.2) is 9.59 Å². The zero-order chi connectivity index (χ0) is 17.0. The molecule has 1 fully saturated rings. The van der Waals surface area contributed by atoms with E-state index in [1.807, 2.05) is 25.7 Å². The number of carboxylic acid groups (broad SMARTS) is 1. The highest BCUT2D eigenvalue weighted by Gasteiger charge is 2.25. The quantitative estimate of drug-likeness (QED) is 0.887. The predicted molar refractivity (Wildman–Crippen MR) is 85.8 cm³/mol. The Labute approximate surface area is 135 Å². The van der Waals surface area contributed by atoms with E-state index in [2.05, 4.69) is 10.3 Å². The van der Waals surface area contributed by atoms with Crippen LogP contribution >= 0.6 is 0 Å². The first-order valence-electron chi connectivity index (χ1n) is 7.68. The van der Waals surface area contributed by atoms with Crippen LogP contribution in [-0.4, -0.2) is 46.9 Å². The molecule has 0 radical (unpaired) electrons. The number of alkyl carbamates (subject to hydrolysis) is 1. The van der Waals surface area contributed by atoms with Crippen LogP contribution in [0.2, 0.25) is 0 Å². The lowest BCUT2D eigenvalue weighted by Gasteiger charge is -2.34. The van der Waals surface area contributed by atoms with E-state index in [0.29, 0.717) is 18.8 Å². The van der Waals surface area contributed by atoms with Gasteiger partial charge in [-0.3, -0.25) is 4.98 Å². The van der Waals surface area contributed by atoms with Crippen molar-refractivity contribution in [3.63, 3.8) is 0 Å². The molecule has 2 heterocycles. The van der Waals surface area contributed by atoms with Gasteiger partial charge in [-0.2, -0.15) is 0 Å². The summed E-state index contributed by atoms with van der Waals surface area (Å²) in [4.78, 5) is 29.1. The molecule has 7 nitrogen and oxygen atoms in total. The number of carboxylic acids is 1. The molecule has 1 aliphatic heterocycles. The number of hydrogen-bond acceptors (Lipinski definition) is 5. The fourth-order valence-electron chi connectivity index (χ4n) is 2.56. The van der Waals surface area contributed by atoms with Crippen molar-refractivity contribution in [3.05, 3.63) is 24.0 Å². The molecular formula is C16H23N3O4. The predicted octanol–water partition coefficient (Wildman–Crippen LogP) is 2.27. The minimum absolute atomic E-state index is 0.0334. The fraction of sp³-hybridized carbons (Fsp3) is 0.562. The Hall–Kier alpha value is -2.31. The summed E-state index contributed by atoms with van der Waals surface area (Å²) in [5.41, 5.74) is 0.353. The summed E-state index contributed by atoms with van der Waals surface area (Å²) in [5.74, 6) is -0.962. The Bertz CT molecular complexity index is 575. The summed E-state index contributed by atoms with van der Waals surface area (Å²) in [6, 6.07) is 1.54.